The lowest BCUT2D eigenvalue weighted by Crippen LogP contribution is -2.18. The molecule has 1 amide bonds. The van der Waals surface area contributed by atoms with Gasteiger partial charge in [0.2, 0.25) is 0 Å². The Hall–Kier alpha value is -3.05. The Morgan fingerprint density at radius 3 is 2.59 bits per heavy atom. The van der Waals surface area contributed by atoms with E-state index in [4.69, 9.17) is 16.3 Å². The molecule has 0 saturated heterocycles. The molecule has 0 aliphatic rings. The zero-order valence-corrected chi connectivity index (χ0v) is 15.9. The van der Waals surface area contributed by atoms with Crippen molar-refractivity contribution in [2.75, 3.05) is 23.9 Å². The van der Waals surface area contributed by atoms with Gasteiger partial charge in [-0.3, -0.25) is 9.78 Å². The number of ether oxygens (including phenoxy) is 1. The second kappa shape index (κ2) is 8.56. The van der Waals surface area contributed by atoms with Gasteiger partial charge in [0, 0.05) is 23.5 Å². The lowest BCUT2D eigenvalue weighted by molar-refractivity contribution is 0.102. The van der Waals surface area contributed by atoms with Crippen molar-refractivity contribution in [1.82, 2.24) is 4.98 Å². The molecular formula is C21H20ClN3O2. The van der Waals surface area contributed by atoms with Crippen LogP contribution in [0, 0.1) is 0 Å². The Bertz CT molecular complexity index is 932. The monoisotopic (exact) mass is 381 g/mol. The lowest BCUT2D eigenvalue weighted by Gasteiger charge is -2.23. The molecule has 0 saturated carbocycles. The molecule has 6 heteroatoms. The number of anilines is 3. The summed E-state index contributed by atoms with van der Waals surface area (Å²) in [5.41, 5.74) is 2.84. The number of amides is 1. The lowest BCUT2D eigenvalue weighted by atomic mass is 10.2. The smallest absolute Gasteiger partial charge is 0.257 e. The zero-order chi connectivity index (χ0) is 19.2. The number of carbonyl (C=O) groups is 1. The molecule has 0 bridgehead atoms. The van der Waals surface area contributed by atoms with Gasteiger partial charge in [0.05, 0.1) is 30.2 Å². The Kier molecular flexibility index (Phi) is 5.94. The zero-order valence-electron chi connectivity index (χ0n) is 15.1. The highest BCUT2D eigenvalue weighted by Crippen LogP contribution is 2.29. The van der Waals surface area contributed by atoms with Crippen LogP contribution in [-0.4, -0.2) is 24.5 Å². The number of benzene rings is 2. The van der Waals surface area contributed by atoms with Crippen molar-refractivity contribution in [3.05, 3.63) is 77.6 Å². The van der Waals surface area contributed by atoms with Crippen molar-refractivity contribution < 1.29 is 9.53 Å². The molecule has 1 aromatic heterocycles. The minimum Gasteiger partial charge on any atom is -0.495 e. The Morgan fingerprint density at radius 1 is 1.11 bits per heavy atom. The highest BCUT2D eigenvalue weighted by atomic mass is 35.5. The molecule has 0 radical (unpaired) electrons. The fourth-order valence-electron chi connectivity index (χ4n) is 2.79. The van der Waals surface area contributed by atoms with Crippen LogP contribution in [0.3, 0.4) is 0 Å². The van der Waals surface area contributed by atoms with Crippen molar-refractivity contribution in [1.29, 1.82) is 0 Å². The van der Waals surface area contributed by atoms with Gasteiger partial charge < -0.3 is 15.0 Å². The third-order valence-corrected chi connectivity index (χ3v) is 4.33. The summed E-state index contributed by atoms with van der Waals surface area (Å²) in [5, 5.41) is 3.35. The molecule has 3 rings (SSSR count). The quantitative estimate of drug-likeness (QED) is 0.641. The molecule has 138 valence electrons. The predicted molar refractivity (Wildman–Crippen MR) is 109 cm³/mol. The molecule has 0 spiro atoms. The molecule has 0 aliphatic heterocycles. The van der Waals surface area contributed by atoms with Crippen LogP contribution in [0.25, 0.3) is 0 Å². The second-order valence-corrected chi connectivity index (χ2v) is 6.25. The van der Waals surface area contributed by atoms with E-state index in [1.54, 1.807) is 31.5 Å². The fraction of sp³-hybridized carbons (Fsp3) is 0.143. The maximum absolute atomic E-state index is 12.7. The van der Waals surface area contributed by atoms with Gasteiger partial charge in [0.25, 0.3) is 5.91 Å². The number of rotatable bonds is 6. The van der Waals surface area contributed by atoms with E-state index in [0.29, 0.717) is 22.0 Å². The first kappa shape index (κ1) is 18.7. The van der Waals surface area contributed by atoms with E-state index >= 15 is 0 Å². The van der Waals surface area contributed by atoms with Gasteiger partial charge in [0.1, 0.15) is 5.75 Å². The van der Waals surface area contributed by atoms with Crippen LogP contribution < -0.4 is 15.0 Å². The Labute approximate surface area is 163 Å². The largest absolute Gasteiger partial charge is 0.495 e. The standard InChI is InChI=1S/C21H20ClN3O2/c1-3-25(17-7-5-4-6-8-17)18-11-15(13-23-14-18)21(26)24-19-12-16(22)9-10-20(19)27-2/h4-14H,3H2,1-2H3,(H,24,26). The summed E-state index contributed by atoms with van der Waals surface area (Å²) < 4.78 is 5.28. The SMILES string of the molecule is CCN(c1ccccc1)c1cncc(C(=O)Nc2cc(Cl)ccc2OC)c1. The third kappa shape index (κ3) is 4.38. The average molecular weight is 382 g/mol. The van der Waals surface area contributed by atoms with Crippen molar-refractivity contribution in [2.45, 2.75) is 6.92 Å². The van der Waals surface area contributed by atoms with Crippen LogP contribution in [0.1, 0.15) is 17.3 Å². The summed E-state index contributed by atoms with van der Waals surface area (Å²) >= 11 is 6.03. The predicted octanol–water partition coefficient (Wildman–Crippen LogP) is 5.15. The van der Waals surface area contributed by atoms with Crippen LogP contribution >= 0.6 is 11.6 Å². The van der Waals surface area contributed by atoms with E-state index in [1.807, 2.05) is 36.4 Å². The number of aromatic nitrogens is 1. The number of halogens is 1. The summed E-state index contributed by atoms with van der Waals surface area (Å²) in [6, 6.07) is 16.9. The molecule has 0 atom stereocenters. The summed E-state index contributed by atoms with van der Waals surface area (Å²) in [7, 11) is 1.54. The van der Waals surface area contributed by atoms with E-state index in [1.165, 1.54) is 6.20 Å². The molecule has 2 aromatic carbocycles. The van der Waals surface area contributed by atoms with E-state index < -0.39 is 0 Å². The molecule has 0 fully saturated rings. The number of pyridine rings is 1. The molecule has 1 N–H and O–H groups in total. The molecule has 1 heterocycles. The van der Waals surface area contributed by atoms with E-state index in [-0.39, 0.29) is 5.91 Å². The van der Waals surface area contributed by atoms with Crippen molar-refractivity contribution in [3.8, 4) is 5.75 Å². The van der Waals surface area contributed by atoms with Gasteiger partial charge in [-0.25, -0.2) is 0 Å². The van der Waals surface area contributed by atoms with Crippen molar-refractivity contribution in [3.63, 3.8) is 0 Å². The molecular weight excluding hydrogens is 362 g/mol. The van der Waals surface area contributed by atoms with Crippen molar-refractivity contribution in [2.24, 2.45) is 0 Å². The minimum atomic E-state index is -0.283. The summed E-state index contributed by atoms with van der Waals surface area (Å²) in [4.78, 5) is 19.1. The maximum atomic E-state index is 12.7. The summed E-state index contributed by atoms with van der Waals surface area (Å²) in [6.07, 6.45) is 3.28. The molecule has 27 heavy (non-hydrogen) atoms. The van der Waals surface area contributed by atoms with Gasteiger partial charge in [0.15, 0.2) is 0 Å². The molecule has 0 unspecified atom stereocenters. The first-order valence-electron chi connectivity index (χ1n) is 8.55. The molecule has 5 nitrogen and oxygen atoms in total. The van der Waals surface area contributed by atoms with Crippen LogP contribution in [0.15, 0.2) is 67.0 Å². The highest BCUT2D eigenvalue weighted by molar-refractivity contribution is 6.31. The van der Waals surface area contributed by atoms with Gasteiger partial charge in [-0.05, 0) is 43.3 Å². The van der Waals surface area contributed by atoms with Crippen LogP contribution in [0.2, 0.25) is 5.02 Å². The third-order valence-electron chi connectivity index (χ3n) is 4.09. The van der Waals surface area contributed by atoms with Gasteiger partial charge in [-0.1, -0.05) is 29.8 Å². The van der Waals surface area contributed by atoms with Gasteiger partial charge in [-0.2, -0.15) is 0 Å². The second-order valence-electron chi connectivity index (χ2n) is 5.81. The van der Waals surface area contributed by atoms with E-state index in [0.717, 1.165) is 17.9 Å². The van der Waals surface area contributed by atoms with Crippen molar-refractivity contribution >= 4 is 34.6 Å². The number of methoxy groups -OCH3 is 1. The number of hydrogen-bond acceptors (Lipinski definition) is 4. The van der Waals surface area contributed by atoms with E-state index in [9.17, 15) is 4.79 Å². The summed E-state index contributed by atoms with van der Waals surface area (Å²) in [5.74, 6) is 0.255. The minimum absolute atomic E-state index is 0.283. The molecule has 0 aliphatic carbocycles. The topological polar surface area (TPSA) is 54.5 Å². The number of carbonyl (C=O) groups excluding carboxylic acids is 1. The normalized spacial score (nSPS) is 10.3. The fourth-order valence-corrected chi connectivity index (χ4v) is 2.97. The van der Waals surface area contributed by atoms with E-state index in [2.05, 4.69) is 22.1 Å². The summed E-state index contributed by atoms with van der Waals surface area (Å²) in [6.45, 7) is 2.80. The van der Waals surface area contributed by atoms with Gasteiger partial charge in [-0.15, -0.1) is 0 Å². The first-order chi connectivity index (χ1) is 13.1. The van der Waals surface area contributed by atoms with Crippen LogP contribution in [-0.2, 0) is 0 Å². The maximum Gasteiger partial charge on any atom is 0.257 e. The highest BCUT2D eigenvalue weighted by Gasteiger charge is 2.14. The van der Waals surface area contributed by atoms with Crippen LogP contribution in [0.4, 0.5) is 17.1 Å². The number of hydrogen-bond donors (Lipinski definition) is 1. The average Bonchev–Trinajstić information content (AvgIpc) is 2.70. The number of nitrogens with zero attached hydrogens (tertiary/aromatic N) is 2. The first-order valence-corrected chi connectivity index (χ1v) is 8.92. The number of para-hydroxylation sites is 1. The number of nitrogens with one attached hydrogen (secondary N) is 1. The van der Waals surface area contributed by atoms with Gasteiger partial charge >= 0.3 is 0 Å². The Balaban J connectivity index is 1.87. The Morgan fingerprint density at radius 2 is 1.89 bits per heavy atom. The van der Waals surface area contributed by atoms with Crippen LogP contribution in [0.5, 0.6) is 5.75 Å². The molecule has 3 aromatic rings.